The molecule has 0 radical (unpaired) electrons. The highest BCUT2D eigenvalue weighted by Crippen LogP contribution is 2.43. The molecule has 2 heterocycles. The zero-order valence-corrected chi connectivity index (χ0v) is 19.9. The van der Waals surface area contributed by atoms with Crippen LogP contribution in [0.2, 0.25) is 0 Å². The first-order valence-corrected chi connectivity index (χ1v) is 12.4. The summed E-state index contributed by atoms with van der Waals surface area (Å²) in [7, 11) is 0. The molecule has 1 fully saturated rings. The summed E-state index contributed by atoms with van der Waals surface area (Å²) < 4.78 is 12.7. The fraction of sp³-hybridized carbons (Fsp3) is 0.226. The SMILES string of the molecule is Cc1cc2cc(O)ccc2c(Oc2ccc(C3=CC(N4CCCCC4)O3)cc2)c1-c1ccccc1. The summed E-state index contributed by atoms with van der Waals surface area (Å²) in [6, 6.07) is 25.9. The number of ether oxygens (including phenoxy) is 2. The quantitative estimate of drug-likeness (QED) is 0.333. The maximum absolute atomic E-state index is 10.0. The summed E-state index contributed by atoms with van der Waals surface area (Å²) in [5, 5.41) is 12.0. The Bertz CT molecular complexity index is 1390. The van der Waals surface area contributed by atoms with Gasteiger partial charge in [0.1, 0.15) is 23.0 Å². The van der Waals surface area contributed by atoms with E-state index in [1.807, 2.05) is 36.4 Å². The van der Waals surface area contributed by atoms with Crippen LogP contribution in [-0.4, -0.2) is 29.3 Å². The van der Waals surface area contributed by atoms with Crippen molar-refractivity contribution in [2.45, 2.75) is 32.4 Å². The Balaban J connectivity index is 1.31. The average Bonchev–Trinajstić information content (AvgIpc) is 2.85. The van der Waals surface area contributed by atoms with Crippen molar-refractivity contribution in [1.29, 1.82) is 0 Å². The van der Waals surface area contributed by atoms with E-state index >= 15 is 0 Å². The van der Waals surface area contributed by atoms with Crippen LogP contribution in [0.3, 0.4) is 0 Å². The molecule has 0 spiro atoms. The molecular formula is C31H29NO3. The number of rotatable bonds is 5. The Morgan fingerprint density at radius 1 is 0.857 bits per heavy atom. The number of likely N-dealkylation sites (tertiary alicyclic amines) is 1. The van der Waals surface area contributed by atoms with Gasteiger partial charge in [0.25, 0.3) is 0 Å². The van der Waals surface area contributed by atoms with E-state index in [2.05, 4.69) is 48.2 Å². The molecular weight excluding hydrogens is 434 g/mol. The predicted octanol–water partition coefficient (Wildman–Crippen LogP) is 7.50. The number of piperidine rings is 1. The van der Waals surface area contributed by atoms with Crippen LogP contribution < -0.4 is 4.74 Å². The third kappa shape index (κ3) is 4.26. The Hall–Kier alpha value is -3.76. The van der Waals surface area contributed by atoms with E-state index in [-0.39, 0.29) is 12.0 Å². The summed E-state index contributed by atoms with van der Waals surface area (Å²) >= 11 is 0. The lowest BCUT2D eigenvalue weighted by Gasteiger charge is -2.38. The second kappa shape index (κ2) is 9.12. The van der Waals surface area contributed by atoms with Gasteiger partial charge >= 0.3 is 0 Å². The van der Waals surface area contributed by atoms with Crippen LogP contribution in [0.15, 0.2) is 84.9 Å². The van der Waals surface area contributed by atoms with Crippen molar-refractivity contribution in [3.63, 3.8) is 0 Å². The molecule has 6 rings (SSSR count). The van der Waals surface area contributed by atoms with Crippen molar-refractivity contribution in [1.82, 2.24) is 4.90 Å². The fourth-order valence-electron chi connectivity index (χ4n) is 5.15. The number of hydrogen-bond acceptors (Lipinski definition) is 4. The summed E-state index contributed by atoms with van der Waals surface area (Å²) in [6.45, 7) is 4.32. The molecule has 2 aliphatic rings. The lowest BCUT2D eigenvalue weighted by atomic mass is 9.94. The number of phenols is 1. The largest absolute Gasteiger partial charge is 0.508 e. The number of benzene rings is 4. The van der Waals surface area contributed by atoms with Crippen LogP contribution in [0.5, 0.6) is 17.2 Å². The molecule has 35 heavy (non-hydrogen) atoms. The van der Waals surface area contributed by atoms with Gasteiger partial charge in [0, 0.05) is 35.7 Å². The van der Waals surface area contributed by atoms with Crippen molar-refractivity contribution in [3.8, 4) is 28.4 Å². The Labute approximate surface area is 206 Å². The van der Waals surface area contributed by atoms with Crippen LogP contribution in [-0.2, 0) is 4.74 Å². The second-order valence-electron chi connectivity index (χ2n) is 9.43. The fourth-order valence-corrected chi connectivity index (χ4v) is 5.15. The summed E-state index contributed by atoms with van der Waals surface area (Å²) in [5.41, 5.74) is 4.32. The van der Waals surface area contributed by atoms with Crippen molar-refractivity contribution >= 4 is 16.5 Å². The van der Waals surface area contributed by atoms with E-state index in [0.29, 0.717) is 0 Å². The van der Waals surface area contributed by atoms with Gasteiger partial charge in [0.15, 0.2) is 6.23 Å². The third-order valence-electron chi connectivity index (χ3n) is 6.99. The van der Waals surface area contributed by atoms with Crippen molar-refractivity contribution in [3.05, 3.63) is 96.1 Å². The molecule has 1 N–H and O–H groups in total. The van der Waals surface area contributed by atoms with E-state index in [1.165, 1.54) is 19.3 Å². The van der Waals surface area contributed by atoms with Crippen LogP contribution >= 0.6 is 0 Å². The lowest BCUT2D eigenvalue weighted by Crippen LogP contribution is -2.43. The minimum Gasteiger partial charge on any atom is -0.508 e. The normalized spacial score (nSPS) is 18.0. The molecule has 4 aromatic rings. The highest BCUT2D eigenvalue weighted by Gasteiger charge is 2.28. The van der Waals surface area contributed by atoms with Crippen molar-refractivity contribution < 1.29 is 14.6 Å². The van der Waals surface area contributed by atoms with Crippen LogP contribution in [0, 0.1) is 6.92 Å². The van der Waals surface area contributed by atoms with Crippen LogP contribution in [0.4, 0.5) is 0 Å². The molecule has 1 atom stereocenters. The molecule has 0 aromatic heterocycles. The first kappa shape index (κ1) is 21.8. The average molecular weight is 464 g/mol. The maximum Gasteiger partial charge on any atom is 0.175 e. The smallest absolute Gasteiger partial charge is 0.175 e. The van der Waals surface area contributed by atoms with E-state index < -0.39 is 0 Å². The number of aryl methyl sites for hydroxylation is 1. The predicted molar refractivity (Wildman–Crippen MR) is 141 cm³/mol. The molecule has 0 saturated carbocycles. The van der Waals surface area contributed by atoms with Gasteiger partial charge in [0.2, 0.25) is 0 Å². The number of hydrogen-bond donors (Lipinski definition) is 1. The summed E-state index contributed by atoms with van der Waals surface area (Å²) in [5.74, 6) is 2.74. The van der Waals surface area contributed by atoms with Gasteiger partial charge in [-0.15, -0.1) is 0 Å². The Morgan fingerprint density at radius 2 is 1.60 bits per heavy atom. The minimum atomic E-state index is 0.115. The standard InChI is InChI=1S/C31H29NO3/c1-21-18-24-19-25(33)12-15-27(24)31(30(21)23-8-4-2-5-9-23)34-26-13-10-22(11-14-26)28-20-29(35-28)32-16-6-3-7-17-32/h2,4-5,8-15,18-20,29,33H,3,6-7,16-17H2,1H3. The molecule has 1 unspecified atom stereocenters. The molecule has 2 aliphatic heterocycles. The highest BCUT2D eigenvalue weighted by molar-refractivity contribution is 5.97. The van der Waals surface area contributed by atoms with E-state index in [0.717, 1.165) is 63.4 Å². The Kier molecular flexibility index (Phi) is 5.67. The second-order valence-corrected chi connectivity index (χ2v) is 9.43. The molecule has 0 amide bonds. The summed E-state index contributed by atoms with van der Waals surface area (Å²) in [6.07, 6.45) is 6.17. The Morgan fingerprint density at radius 3 is 2.34 bits per heavy atom. The van der Waals surface area contributed by atoms with Gasteiger partial charge in [-0.2, -0.15) is 0 Å². The molecule has 176 valence electrons. The van der Waals surface area contributed by atoms with E-state index in [9.17, 15) is 5.11 Å². The lowest BCUT2D eigenvalue weighted by molar-refractivity contribution is 0.00121. The number of nitrogens with zero attached hydrogens (tertiary/aromatic N) is 1. The third-order valence-corrected chi connectivity index (χ3v) is 6.99. The van der Waals surface area contributed by atoms with E-state index in [4.69, 9.17) is 9.47 Å². The molecule has 1 saturated heterocycles. The monoisotopic (exact) mass is 463 g/mol. The topological polar surface area (TPSA) is 41.9 Å². The molecule has 0 aliphatic carbocycles. The van der Waals surface area contributed by atoms with Gasteiger partial charge in [-0.05, 0) is 78.7 Å². The maximum atomic E-state index is 10.0. The van der Waals surface area contributed by atoms with Gasteiger partial charge in [-0.1, -0.05) is 42.8 Å². The number of phenolic OH excluding ortho intramolecular Hbond substituents is 1. The number of aromatic hydroxyl groups is 1. The van der Waals surface area contributed by atoms with E-state index in [1.54, 1.807) is 12.1 Å². The molecule has 4 heteroatoms. The molecule has 4 aromatic carbocycles. The zero-order valence-electron chi connectivity index (χ0n) is 19.9. The molecule has 0 bridgehead atoms. The number of fused-ring (bicyclic) bond motifs is 1. The van der Waals surface area contributed by atoms with Gasteiger partial charge < -0.3 is 14.6 Å². The van der Waals surface area contributed by atoms with Gasteiger partial charge in [0.05, 0.1) is 0 Å². The summed E-state index contributed by atoms with van der Waals surface area (Å²) in [4.78, 5) is 2.41. The minimum absolute atomic E-state index is 0.115. The zero-order chi connectivity index (χ0) is 23.8. The molecule has 4 nitrogen and oxygen atoms in total. The van der Waals surface area contributed by atoms with Crippen LogP contribution in [0.1, 0.15) is 30.4 Å². The van der Waals surface area contributed by atoms with Gasteiger partial charge in [-0.3, -0.25) is 4.90 Å². The highest BCUT2D eigenvalue weighted by atomic mass is 16.5. The first-order valence-electron chi connectivity index (χ1n) is 12.4. The van der Waals surface area contributed by atoms with Gasteiger partial charge in [-0.25, -0.2) is 0 Å². The van der Waals surface area contributed by atoms with Crippen molar-refractivity contribution in [2.24, 2.45) is 0 Å². The first-order chi connectivity index (χ1) is 17.2. The van der Waals surface area contributed by atoms with Crippen molar-refractivity contribution in [2.75, 3.05) is 13.1 Å². The van der Waals surface area contributed by atoms with Crippen LogP contribution in [0.25, 0.3) is 27.7 Å².